The molecule has 0 saturated carbocycles. The predicted octanol–water partition coefficient (Wildman–Crippen LogP) is 5.92. The number of nitrogens with one attached hydrogen (secondary N) is 1. The van der Waals surface area contributed by atoms with Crippen LogP contribution in [0.5, 0.6) is 11.5 Å². The molecule has 0 radical (unpaired) electrons. The molecule has 0 spiro atoms. The van der Waals surface area contributed by atoms with E-state index >= 15 is 0 Å². The van der Waals surface area contributed by atoms with Gasteiger partial charge in [-0.2, -0.15) is 0 Å². The molecule has 0 atom stereocenters. The van der Waals surface area contributed by atoms with Gasteiger partial charge in [0.25, 0.3) is 5.91 Å². The Morgan fingerprint density at radius 3 is 2.38 bits per heavy atom. The highest BCUT2D eigenvalue weighted by Gasteiger charge is 2.25. The molecule has 37 heavy (non-hydrogen) atoms. The van der Waals surface area contributed by atoms with Gasteiger partial charge in [0.15, 0.2) is 0 Å². The zero-order valence-corrected chi connectivity index (χ0v) is 21.8. The lowest BCUT2D eigenvalue weighted by Crippen LogP contribution is -2.49. The summed E-state index contributed by atoms with van der Waals surface area (Å²) in [6.45, 7) is 6.66. The SMILES string of the molecule is CCCCc1ccc(NC(=O)Oc2ccc(C)c(C(=O)N3CCN(c4ccccc4OC)CC3)c2)cc1. The number of hydrogen-bond donors (Lipinski definition) is 1. The fraction of sp³-hybridized carbons (Fsp3) is 0.333. The average Bonchev–Trinajstić information content (AvgIpc) is 2.93. The van der Waals surface area contributed by atoms with Crippen LogP contribution >= 0.6 is 0 Å². The van der Waals surface area contributed by atoms with Gasteiger partial charge in [0, 0.05) is 37.4 Å². The minimum absolute atomic E-state index is 0.0642. The Bertz CT molecular complexity index is 1220. The van der Waals surface area contributed by atoms with E-state index in [1.54, 1.807) is 19.2 Å². The summed E-state index contributed by atoms with van der Waals surface area (Å²) in [5.41, 5.74) is 4.32. The van der Waals surface area contributed by atoms with Gasteiger partial charge in [-0.1, -0.05) is 43.7 Å². The number of carbonyl (C=O) groups excluding carboxylic acids is 2. The highest BCUT2D eigenvalue weighted by atomic mass is 16.6. The summed E-state index contributed by atoms with van der Waals surface area (Å²) in [6, 6.07) is 20.9. The van der Waals surface area contributed by atoms with Crippen molar-refractivity contribution < 1.29 is 19.1 Å². The third kappa shape index (κ3) is 6.61. The molecule has 1 fully saturated rings. The Labute approximate surface area is 219 Å². The number of piperazine rings is 1. The third-order valence-electron chi connectivity index (χ3n) is 6.66. The van der Waals surface area contributed by atoms with E-state index in [4.69, 9.17) is 9.47 Å². The fourth-order valence-electron chi connectivity index (χ4n) is 4.49. The standard InChI is InChI=1S/C30H35N3O4/c1-4-5-8-23-12-14-24(15-13-23)31-30(35)37-25-16-11-22(2)26(21-25)29(34)33-19-17-32(18-20-33)27-9-6-7-10-28(27)36-3/h6-7,9-16,21H,4-5,8,17-20H2,1-3H3,(H,31,35). The number of methoxy groups -OCH3 is 1. The smallest absolute Gasteiger partial charge is 0.417 e. The normalized spacial score (nSPS) is 13.3. The summed E-state index contributed by atoms with van der Waals surface area (Å²) in [5, 5.41) is 2.76. The van der Waals surface area contributed by atoms with Gasteiger partial charge in [0.2, 0.25) is 0 Å². The van der Waals surface area contributed by atoms with Gasteiger partial charge in [-0.3, -0.25) is 10.1 Å². The summed E-state index contributed by atoms with van der Waals surface area (Å²) in [6.07, 6.45) is 2.72. The molecular weight excluding hydrogens is 466 g/mol. The zero-order chi connectivity index (χ0) is 26.2. The monoisotopic (exact) mass is 501 g/mol. The first-order valence-electron chi connectivity index (χ1n) is 12.8. The van der Waals surface area contributed by atoms with E-state index in [2.05, 4.69) is 17.1 Å². The van der Waals surface area contributed by atoms with Crippen LogP contribution in [0, 0.1) is 6.92 Å². The quantitative estimate of drug-likeness (QED) is 0.415. The second kappa shape index (κ2) is 12.3. The molecule has 4 rings (SSSR count). The molecule has 194 valence electrons. The van der Waals surface area contributed by atoms with Gasteiger partial charge in [-0.15, -0.1) is 0 Å². The van der Waals surface area contributed by atoms with Crippen LogP contribution in [0.2, 0.25) is 0 Å². The van der Waals surface area contributed by atoms with Crippen molar-refractivity contribution in [1.82, 2.24) is 4.90 Å². The van der Waals surface area contributed by atoms with Crippen molar-refractivity contribution in [1.29, 1.82) is 0 Å². The number of amides is 2. The van der Waals surface area contributed by atoms with E-state index < -0.39 is 6.09 Å². The summed E-state index contributed by atoms with van der Waals surface area (Å²) < 4.78 is 11.0. The topological polar surface area (TPSA) is 71.1 Å². The number of nitrogens with zero attached hydrogens (tertiary/aromatic N) is 2. The van der Waals surface area contributed by atoms with Gasteiger partial charge >= 0.3 is 6.09 Å². The molecule has 7 heteroatoms. The number of hydrogen-bond acceptors (Lipinski definition) is 5. The van der Waals surface area contributed by atoms with Gasteiger partial charge in [-0.05, 0) is 67.3 Å². The molecule has 7 nitrogen and oxygen atoms in total. The number of carbonyl (C=O) groups is 2. The molecule has 0 bridgehead atoms. The van der Waals surface area contributed by atoms with Crippen LogP contribution in [0.4, 0.5) is 16.2 Å². The molecule has 0 aromatic heterocycles. The zero-order valence-electron chi connectivity index (χ0n) is 21.8. The molecule has 0 unspecified atom stereocenters. The molecule has 1 aliphatic heterocycles. The van der Waals surface area contributed by atoms with Crippen molar-refractivity contribution in [2.45, 2.75) is 33.1 Å². The maximum Gasteiger partial charge on any atom is 0.417 e. The van der Waals surface area contributed by atoms with E-state index in [9.17, 15) is 9.59 Å². The Hall–Kier alpha value is -4.00. The molecule has 3 aromatic carbocycles. The van der Waals surface area contributed by atoms with Crippen molar-refractivity contribution in [3.05, 3.63) is 83.4 Å². The van der Waals surface area contributed by atoms with Crippen molar-refractivity contribution >= 4 is 23.4 Å². The Balaban J connectivity index is 1.36. The number of benzene rings is 3. The van der Waals surface area contributed by atoms with Crippen LogP contribution in [0.3, 0.4) is 0 Å². The van der Waals surface area contributed by atoms with Crippen LogP contribution in [-0.4, -0.2) is 50.2 Å². The summed E-state index contributed by atoms with van der Waals surface area (Å²) in [4.78, 5) is 29.9. The molecule has 1 aliphatic rings. The van der Waals surface area contributed by atoms with Crippen LogP contribution in [0.1, 0.15) is 41.3 Å². The van der Waals surface area contributed by atoms with Gasteiger partial charge < -0.3 is 19.3 Å². The second-order valence-corrected chi connectivity index (χ2v) is 9.24. The van der Waals surface area contributed by atoms with Crippen LogP contribution in [0.15, 0.2) is 66.7 Å². The Morgan fingerprint density at radius 2 is 1.68 bits per heavy atom. The number of aryl methyl sites for hydroxylation is 2. The minimum Gasteiger partial charge on any atom is -0.495 e. The summed E-state index contributed by atoms with van der Waals surface area (Å²) in [5.74, 6) is 1.10. The largest absolute Gasteiger partial charge is 0.495 e. The van der Waals surface area contributed by atoms with Crippen molar-refractivity contribution in [3.63, 3.8) is 0 Å². The highest BCUT2D eigenvalue weighted by molar-refractivity contribution is 5.96. The number of para-hydroxylation sites is 2. The van der Waals surface area contributed by atoms with Crippen molar-refractivity contribution in [2.75, 3.05) is 43.5 Å². The molecule has 0 aliphatic carbocycles. The van der Waals surface area contributed by atoms with Crippen molar-refractivity contribution in [3.8, 4) is 11.5 Å². The van der Waals surface area contributed by atoms with Crippen molar-refractivity contribution in [2.24, 2.45) is 0 Å². The number of ether oxygens (including phenoxy) is 2. The fourth-order valence-corrected chi connectivity index (χ4v) is 4.49. The molecule has 2 amide bonds. The summed E-state index contributed by atoms with van der Waals surface area (Å²) in [7, 11) is 1.67. The minimum atomic E-state index is -0.589. The van der Waals surface area contributed by atoms with Crippen LogP contribution in [-0.2, 0) is 6.42 Å². The average molecular weight is 502 g/mol. The Kier molecular flexibility index (Phi) is 8.67. The lowest BCUT2D eigenvalue weighted by Gasteiger charge is -2.36. The van der Waals surface area contributed by atoms with E-state index in [0.717, 1.165) is 36.3 Å². The van der Waals surface area contributed by atoms with E-state index in [-0.39, 0.29) is 5.91 Å². The van der Waals surface area contributed by atoms with Gasteiger partial charge in [0.1, 0.15) is 11.5 Å². The van der Waals surface area contributed by atoms with E-state index in [0.29, 0.717) is 43.2 Å². The molecule has 1 saturated heterocycles. The predicted molar refractivity (Wildman–Crippen MR) is 147 cm³/mol. The van der Waals surface area contributed by atoms with E-state index in [1.807, 2.05) is 66.4 Å². The maximum atomic E-state index is 13.3. The van der Waals surface area contributed by atoms with Crippen LogP contribution in [0.25, 0.3) is 0 Å². The Morgan fingerprint density at radius 1 is 0.946 bits per heavy atom. The first-order valence-corrected chi connectivity index (χ1v) is 12.8. The summed E-state index contributed by atoms with van der Waals surface area (Å²) >= 11 is 0. The lowest BCUT2D eigenvalue weighted by atomic mass is 10.1. The third-order valence-corrected chi connectivity index (χ3v) is 6.66. The first kappa shape index (κ1) is 26.1. The molecule has 1 N–H and O–H groups in total. The van der Waals surface area contributed by atoms with Gasteiger partial charge in [0.05, 0.1) is 12.8 Å². The highest BCUT2D eigenvalue weighted by Crippen LogP contribution is 2.29. The first-order chi connectivity index (χ1) is 18.0. The molecular formula is C30H35N3O4. The van der Waals surface area contributed by atoms with Crippen LogP contribution < -0.4 is 19.7 Å². The number of unbranched alkanes of at least 4 members (excludes halogenated alkanes) is 1. The van der Waals surface area contributed by atoms with E-state index in [1.165, 1.54) is 5.56 Å². The maximum absolute atomic E-state index is 13.3. The molecule has 1 heterocycles. The van der Waals surface area contributed by atoms with Gasteiger partial charge in [-0.25, -0.2) is 4.79 Å². The number of rotatable bonds is 8. The lowest BCUT2D eigenvalue weighted by molar-refractivity contribution is 0.0745. The number of anilines is 2. The molecule has 3 aromatic rings. The second-order valence-electron chi connectivity index (χ2n) is 9.24.